The van der Waals surface area contributed by atoms with Gasteiger partial charge in [-0.3, -0.25) is 5.84 Å². The SMILES string of the molecule is Cc1ccc(SNN)c(C)c1. The van der Waals surface area contributed by atoms with E-state index in [1.165, 1.54) is 28.0 Å². The fraction of sp³-hybridized carbons (Fsp3) is 0.250. The standard InChI is InChI=1S/C8H12N2S/c1-6-3-4-8(11-10-9)7(2)5-6/h3-5,10H,9H2,1-2H3. The highest BCUT2D eigenvalue weighted by atomic mass is 32.2. The number of nitrogens with two attached hydrogens (primary N) is 1. The average Bonchev–Trinajstić information content (AvgIpc) is 1.95. The second-order valence-corrected chi connectivity index (χ2v) is 3.37. The van der Waals surface area contributed by atoms with Crippen LogP contribution in [0.2, 0.25) is 0 Å². The Morgan fingerprint density at radius 2 is 2.09 bits per heavy atom. The molecule has 60 valence electrons. The van der Waals surface area contributed by atoms with Crippen molar-refractivity contribution in [3.05, 3.63) is 29.3 Å². The zero-order valence-corrected chi connectivity index (χ0v) is 7.53. The van der Waals surface area contributed by atoms with E-state index in [9.17, 15) is 0 Å². The first-order valence-electron chi connectivity index (χ1n) is 3.43. The van der Waals surface area contributed by atoms with Crippen molar-refractivity contribution in [2.24, 2.45) is 5.84 Å². The Hall–Kier alpha value is -0.510. The summed E-state index contributed by atoms with van der Waals surface area (Å²) >= 11 is 1.44. The minimum Gasteiger partial charge on any atom is -0.261 e. The van der Waals surface area contributed by atoms with E-state index in [0.29, 0.717) is 0 Å². The van der Waals surface area contributed by atoms with Gasteiger partial charge in [-0.25, -0.2) is 0 Å². The van der Waals surface area contributed by atoms with E-state index >= 15 is 0 Å². The quantitative estimate of drug-likeness (QED) is 0.401. The first-order chi connectivity index (χ1) is 5.24. The summed E-state index contributed by atoms with van der Waals surface area (Å²) in [6.45, 7) is 4.16. The van der Waals surface area contributed by atoms with Crippen molar-refractivity contribution in [3.8, 4) is 0 Å². The van der Waals surface area contributed by atoms with Gasteiger partial charge in [0.15, 0.2) is 0 Å². The molecule has 0 atom stereocenters. The summed E-state index contributed by atoms with van der Waals surface area (Å²) in [7, 11) is 0. The van der Waals surface area contributed by atoms with Crippen molar-refractivity contribution in [2.75, 3.05) is 0 Å². The molecular formula is C8H12N2S. The highest BCUT2D eigenvalue weighted by molar-refractivity contribution is 7.97. The Bertz CT molecular complexity index is 248. The van der Waals surface area contributed by atoms with Gasteiger partial charge in [0, 0.05) is 4.90 Å². The van der Waals surface area contributed by atoms with E-state index in [4.69, 9.17) is 5.84 Å². The van der Waals surface area contributed by atoms with Gasteiger partial charge in [0.25, 0.3) is 0 Å². The first-order valence-corrected chi connectivity index (χ1v) is 4.25. The van der Waals surface area contributed by atoms with Crippen LogP contribution in [-0.2, 0) is 0 Å². The summed E-state index contributed by atoms with van der Waals surface area (Å²) in [6.07, 6.45) is 0. The van der Waals surface area contributed by atoms with Crippen molar-refractivity contribution < 1.29 is 0 Å². The molecule has 1 rings (SSSR count). The molecule has 0 aliphatic rings. The summed E-state index contributed by atoms with van der Waals surface area (Å²) < 4.78 is 0. The minimum atomic E-state index is 1.18. The van der Waals surface area contributed by atoms with Crippen LogP contribution in [-0.4, -0.2) is 0 Å². The summed E-state index contributed by atoms with van der Waals surface area (Å²) in [6, 6.07) is 6.28. The largest absolute Gasteiger partial charge is 0.261 e. The molecule has 0 saturated carbocycles. The lowest BCUT2D eigenvalue weighted by molar-refractivity contribution is 1.11. The third-order valence-electron chi connectivity index (χ3n) is 1.50. The number of hydrogen-bond acceptors (Lipinski definition) is 3. The van der Waals surface area contributed by atoms with E-state index in [-0.39, 0.29) is 0 Å². The Labute approximate surface area is 71.3 Å². The molecule has 3 heteroatoms. The fourth-order valence-electron chi connectivity index (χ4n) is 0.977. The van der Waals surface area contributed by atoms with Gasteiger partial charge in [-0.15, -0.1) is 0 Å². The molecule has 0 saturated heterocycles. The van der Waals surface area contributed by atoms with Gasteiger partial charge in [0.05, 0.1) is 0 Å². The lowest BCUT2D eigenvalue weighted by Crippen LogP contribution is -2.11. The van der Waals surface area contributed by atoms with Crippen molar-refractivity contribution in [2.45, 2.75) is 18.7 Å². The van der Waals surface area contributed by atoms with Gasteiger partial charge < -0.3 is 0 Å². The Morgan fingerprint density at radius 3 is 2.64 bits per heavy atom. The van der Waals surface area contributed by atoms with Crippen LogP contribution in [0.4, 0.5) is 0 Å². The maximum atomic E-state index is 5.18. The van der Waals surface area contributed by atoms with Crippen LogP contribution in [0, 0.1) is 13.8 Å². The fourth-order valence-corrected chi connectivity index (χ4v) is 1.46. The smallest absolute Gasteiger partial charge is 0.0269 e. The van der Waals surface area contributed by atoms with E-state index in [1.54, 1.807) is 0 Å². The molecule has 3 N–H and O–H groups in total. The van der Waals surface area contributed by atoms with E-state index in [0.717, 1.165) is 0 Å². The zero-order chi connectivity index (χ0) is 8.27. The van der Waals surface area contributed by atoms with Gasteiger partial charge in [-0.05, 0) is 37.4 Å². The van der Waals surface area contributed by atoms with Gasteiger partial charge in [0.1, 0.15) is 0 Å². The van der Waals surface area contributed by atoms with E-state index in [1.807, 2.05) is 0 Å². The van der Waals surface area contributed by atoms with E-state index in [2.05, 4.69) is 36.9 Å². The Morgan fingerprint density at radius 1 is 1.36 bits per heavy atom. The van der Waals surface area contributed by atoms with E-state index < -0.39 is 0 Å². The molecule has 1 aromatic rings. The monoisotopic (exact) mass is 168 g/mol. The molecule has 0 amide bonds. The summed E-state index contributed by atoms with van der Waals surface area (Å²) in [5.74, 6) is 5.18. The third kappa shape index (κ3) is 2.22. The molecule has 0 bridgehead atoms. The summed E-state index contributed by atoms with van der Waals surface area (Å²) in [5, 5.41) is 0. The maximum absolute atomic E-state index is 5.18. The van der Waals surface area contributed by atoms with Gasteiger partial charge >= 0.3 is 0 Å². The zero-order valence-electron chi connectivity index (χ0n) is 6.72. The second-order valence-electron chi connectivity index (χ2n) is 2.49. The number of benzene rings is 1. The lowest BCUT2D eigenvalue weighted by Gasteiger charge is -2.03. The van der Waals surface area contributed by atoms with Gasteiger partial charge in [0.2, 0.25) is 0 Å². The molecule has 0 fully saturated rings. The molecule has 0 spiro atoms. The molecule has 0 heterocycles. The van der Waals surface area contributed by atoms with Crippen molar-refractivity contribution in [1.29, 1.82) is 0 Å². The van der Waals surface area contributed by atoms with Crippen LogP contribution in [0.5, 0.6) is 0 Å². The van der Waals surface area contributed by atoms with Crippen LogP contribution >= 0.6 is 11.9 Å². The van der Waals surface area contributed by atoms with Crippen LogP contribution in [0.25, 0.3) is 0 Å². The lowest BCUT2D eigenvalue weighted by atomic mass is 10.2. The summed E-state index contributed by atoms with van der Waals surface area (Å²) in [4.78, 5) is 3.74. The number of rotatable bonds is 2. The van der Waals surface area contributed by atoms with Crippen molar-refractivity contribution in [3.63, 3.8) is 0 Å². The minimum absolute atomic E-state index is 1.18. The van der Waals surface area contributed by atoms with Gasteiger partial charge in [-0.2, -0.15) is 4.83 Å². The molecule has 0 radical (unpaired) electrons. The first kappa shape index (κ1) is 8.59. The topological polar surface area (TPSA) is 38.0 Å². The Kier molecular flexibility index (Phi) is 2.93. The third-order valence-corrected chi connectivity index (χ3v) is 2.30. The maximum Gasteiger partial charge on any atom is 0.0269 e. The normalized spacial score (nSPS) is 10.1. The predicted octanol–water partition coefficient (Wildman–Crippen LogP) is 1.77. The molecular weight excluding hydrogens is 156 g/mol. The number of aryl methyl sites for hydroxylation is 2. The van der Waals surface area contributed by atoms with Crippen molar-refractivity contribution in [1.82, 2.24) is 4.83 Å². The van der Waals surface area contributed by atoms with Crippen LogP contribution < -0.4 is 10.7 Å². The molecule has 1 aromatic carbocycles. The summed E-state index contributed by atoms with van der Waals surface area (Å²) in [5.41, 5.74) is 2.54. The highest BCUT2D eigenvalue weighted by Gasteiger charge is 1.96. The Balaban J connectivity index is 2.90. The highest BCUT2D eigenvalue weighted by Crippen LogP contribution is 2.19. The molecule has 11 heavy (non-hydrogen) atoms. The molecule has 0 unspecified atom stereocenters. The average molecular weight is 168 g/mol. The van der Waals surface area contributed by atoms with Crippen LogP contribution in [0.1, 0.15) is 11.1 Å². The predicted molar refractivity (Wildman–Crippen MR) is 49.1 cm³/mol. The van der Waals surface area contributed by atoms with Crippen LogP contribution in [0.3, 0.4) is 0 Å². The number of nitrogens with one attached hydrogen (secondary N) is 1. The number of hydrazine groups is 1. The molecule has 0 aliphatic carbocycles. The van der Waals surface area contributed by atoms with Gasteiger partial charge in [-0.1, -0.05) is 17.7 Å². The van der Waals surface area contributed by atoms with Crippen LogP contribution in [0.15, 0.2) is 23.1 Å². The molecule has 0 aromatic heterocycles. The molecule has 0 aliphatic heterocycles. The molecule has 2 nitrogen and oxygen atoms in total. The van der Waals surface area contributed by atoms with Crippen molar-refractivity contribution >= 4 is 11.9 Å². The second kappa shape index (κ2) is 3.76. The number of hydrogen-bond donors (Lipinski definition) is 2.